The van der Waals surface area contributed by atoms with Crippen molar-refractivity contribution in [3.8, 4) is 0 Å². The Labute approximate surface area is 91.3 Å². The van der Waals surface area contributed by atoms with Crippen molar-refractivity contribution >= 4 is 11.3 Å². The van der Waals surface area contributed by atoms with E-state index in [2.05, 4.69) is 39.8 Å². The molecule has 0 aliphatic carbocycles. The van der Waals surface area contributed by atoms with Gasteiger partial charge in [0, 0.05) is 15.8 Å². The maximum Gasteiger partial charge on any atom is 0.00910 e. The highest BCUT2D eigenvalue weighted by molar-refractivity contribution is 7.11. The van der Waals surface area contributed by atoms with Gasteiger partial charge in [-0.1, -0.05) is 20.8 Å². The second-order valence-corrected chi connectivity index (χ2v) is 6.40. The predicted octanol–water partition coefficient (Wildman–Crippen LogP) is 3.36. The van der Waals surface area contributed by atoms with Gasteiger partial charge in [0.1, 0.15) is 0 Å². The van der Waals surface area contributed by atoms with Crippen molar-refractivity contribution in [2.75, 3.05) is 0 Å². The Morgan fingerprint density at radius 2 is 2.00 bits per heavy atom. The molecule has 0 aliphatic heterocycles. The number of hydrogen-bond donors (Lipinski definition) is 1. The molecule has 0 aliphatic rings. The van der Waals surface area contributed by atoms with Gasteiger partial charge < -0.3 is 5.73 Å². The van der Waals surface area contributed by atoms with Gasteiger partial charge in [-0.2, -0.15) is 0 Å². The molecule has 1 aromatic heterocycles. The molecule has 1 unspecified atom stereocenters. The van der Waals surface area contributed by atoms with Crippen LogP contribution in [0.2, 0.25) is 0 Å². The van der Waals surface area contributed by atoms with Crippen LogP contribution in [0.15, 0.2) is 12.1 Å². The van der Waals surface area contributed by atoms with Gasteiger partial charge in [-0.15, -0.1) is 11.3 Å². The first-order valence-corrected chi connectivity index (χ1v) is 6.02. The minimum absolute atomic E-state index is 0.228. The van der Waals surface area contributed by atoms with E-state index in [0.29, 0.717) is 6.04 Å². The fourth-order valence-corrected chi connectivity index (χ4v) is 2.26. The van der Waals surface area contributed by atoms with Crippen molar-refractivity contribution in [1.82, 2.24) is 0 Å². The third kappa shape index (κ3) is 3.43. The van der Waals surface area contributed by atoms with Crippen molar-refractivity contribution in [3.63, 3.8) is 0 Å². The van der Waals surface area contributed by atoms with Crippen molar-refractivity contribution < 1.29 is 0 Å². The first-order chi connectivity index (χ1) is 6.39. The first-order valence-electron chi connectivity index (χ1n) is 5.20. The van der Waals surface area contributed by atoms with Gasteiger partial charge in [0.15, 0.2) is 0 Å². The summed E-state index contributed by atoms with van der Waals surface area (Å²) in [5, 5.41) is 0. The van der Waals surface area contributed by atoms with Crippen LogP contribution >= 0.6 is 11.3 Å². The molecule has 0 fully saturated rings. The topological polar surface area (TPSA) is 26.0 Å². The SMILES string of the molecule is Cc1ccc(CCC(N)C(C)(C)C)s1. The summed E-state index contributed by atoms with van der Waals surface area (Å²) >= 11 is 1.88. The fourth-order valence-electron chi connectivity index (χ4n) is 1.35. The molecular weight excluding hydrogens is 190 g/mol. The highest BCUT2D eigenvalue weighted by Gasteiger charge is 2.20. The van der Waals surface area contributed by atoms with E-state index in [-0.39, 0.29) is 5.41 Å². The predicted molar refractivity (Wildman–Crippen MR) is 64.8 cm³/mol. The molecule has 1 aromatic rings. The van der Waals surface area contributed by atoms with Crippen LogP contribution in [-0.2, 0) is 6.42 Å². The molecule has 1 nitrogen and oxygen atoms in total. The van der Waals surface area contributed by atoms with Gasteiger partial charge in [0.05, 0.1) is 0 Å². The molecule has 2 heteroatoms. The summed E-state index contributed by atoms with van der Waals surface area (Å²) in [5.74, 6) is 0. The number of aryl methyl sites for hydroxylation is 2. The average Bonchev–Trinajstić information content (AvgIpc) is 2.45. The van der Waals surface area contributed by atoms with Crippen LogP contribution < -0.4 is 5.73 Å². The Bertz CT molecular complexity index is 283. The monoisotopic (exact) mass is 211 g/mol. The second kappa shape index (κ2) is 4.45. The lowest BCUT2D eigenvalue weighted by atomic mass is 9.85. The molecule has 2 N–H and O–H groups in total. The van der Waals surface area contributed by atoms with Crippen LogP contribution in [0.25, 0.3) is 0 Å². The summed E-state index contributed by atoms with van der Waals surface area (Å²) < 4.78 is 0. The van der Waals surface area contributed by atoms with Gasteiger partial charge in [0.2, 0.25) is 0 Å². The van der Waals surface area contributed by atoms with Crippen LogP contribution in [0.5, 0.6) is 0 Å². The average molecular weight is 211 g/mol. The highest BCUT2D eigenvalue weighted by Crippen LogP contribution is 2.23. The molecule has 1 heterocycles. The quantitative estimate of drug-likeness (QED) is 0.815. The van der Waals surface area contributed by atoms with E-state index >= 15 is 0 Å². The van der Waals surface area contributed by atoms with E-state index in [4.69, 9.17) is 5.73 Å². The Kier molecular flexibility index (Phi) is 3.73. The zero-order valence-electron chi connectivity index (χ0n) is 9.63. The Morgan fingerprint density at radius 3 is 2.43 bits per heavy atom. The lowest BCUT2D eigenvalue weighted by Gasteiger charge is -2.26. The smallest absolute Gasteiger partial charge is 0.00910 e. The molecule has 14 heavy (non-hydrogen) atoms. The van der Waals surface area contributed by atoms with Crippen molar-refractivity contribution in [1.29, 1.82) is 0 Å². The molecule has 0 spiro atoms. The fraction of sp³-hybridized carbons (Fsp3) is 0.667. The van der Waals surface area contributed by atoms with Crippen LogP contribution in [0.3, 0.4) is 0 Å². The third-order valence-electron chi connectivity index (χ3n) is 2.61. The van der Waals surface area contributed by atoms with Gasteiger partial charge in [0.25, 0.3) is 0 Å². The molecule has 0 saturated carbocycles. The zero-order valence-corrected chi connectivity index (χ0v) is 10.4. The van der Waals surface area contributed by atoms with Crippen molar-refractivity contribution in [2.24, 2.45) is 11.1 Å². The van der Waals surface area contributed by atoms with Crippen molar-refractivity contribution in [3.05, 3.63) is 21.9 Å². The molecule has 0 aromatic carbocycles. The molecule has 0 amide bonds. The van der Waals surface area contributed by atoms with Gasteiger partial charge in [-0.05, 0) is 37.3 Å². The number of hydrogen-bond acceptors (Lipinski definition) is 2. The summed E-state index contributed by atoms with van der Waals surface area (Å²) in [6.45, 7) is 8.77. The van der Waals surface area contributed by atoms with Gasteiger partial charge >= 0.3 is 0 Å². The van der Waals surface area contributed by atoms with Crippen LogP contribution in [0.1, 0.15) is 36.9 Å². The highest BCUT2D eigenvalue weighted by atomic mass is 32.1. The second-order valence-electron chi connectivity index (χ2n) is 5.02. The Balaban J connectivity index is 2.41. The summed E-state index contributed by atoms with van der Waals surface area (Å²) in [5.41, 5.74) is 6.34. The van der Waals surface area contributed by atoms with Crippen LogP contribution in [-0.4, -0.2) is 6.04 Å². The summed E-state index contributed by atoms with van der Waals surface area (Å²) in [4.78, 5) is 2.85. The van der Waals surface area contributed by atoms with E-state index in [9.17, 15) is 0 Å². The maximum atomic E-state index is 6.11. The van der Waals surface area contributed by atoms with E-state index in [0.717, 1.165) is 12.8 Å². The van der Waals surface area contributed by atoms with Gasteiger partial charge in [-0.3, -0.25) is 0 Å². The minimum Gasteiger partial charge on any atom is -0.327 e. The number of rotatable bonds is 3. The Morgan fingerprint density at radius 1 is 1.36 bits per heavy atom. The standard InChI is InChI=1S/C12H21NS/c1-9-5-6-10(14-9)7-8-11(13)12(2,3)4/h5-6,11H,7-8,13H2,1-4H3. The zero-order chi connectivity index (χ0) is 10.8. The number of thiophene rings is 1. The van der Waals surface area contributed by atoms with E-state index in [1.807, 2.05) is 11.3 Å². The van der Waals surface area contributed by atoms with E-state index < -0.39 is 0 Å². The Hall–Kier alpha value is -0.340. The molecule has 80 valence electrons. The maximum absolute atomic E-state index is 6.11. The molecule has 0 bridgehead atoms. The first kappa shape index (κ1) is 11.7. The molecular formula is C12H21NS. The van der Waals surface area contributed by atoms with Crippen molar-refractivity contribution in [2.45, 2.75) is 46.6 Å². The molecule has 0 radical (unpaired) electrons. The lowest BCUT2D eigenvalue weighted by molar-refractivity contribution is 0.306. The van der Waals surface area contributed by atoms with Crippen LogP contribution in [0, 0.1) is 12.3 Å². The lowest BCUT2D eigenvalue weighted by Crippen LogP contribution is -2.35. The summed E-state index contributed by atoms with van der Waals surface area (Å²) in [6, 6.07) is 4.70. The summed E-state index contributed by atoms with van der Waals surface area (Å²) in [6.07, 6.45) is 2.21. The molecule has 0 saturated heterocycles. The largest absolute Gasteiger partial charge is 0.327 e. The van der Waals surface area contributed by atoms with E-state index in [1.54, 1.807) is 0 Å². The third-order valence-corrected chi connectivity index (χ3v) is 3.67. The van der Waals surface area contributed by atoms with Crippen LogP contribution in [0.4, 0.5) is 0 Å². The molecule has 1 atom stereocenters. The number of nitrogens with two attached hydrogens (primary N) is 1. The molecule has 1 rings (SSSR count). The van der Waals surface area contributed by atoms with E-state index in [1.165, 1.54) is 9.75 Å². The summed E-state index contributed by atoms with van der Waals surface area (Å²) in [7, 11) is 0. The normalized spacial score (nSPS) is 14.4. The van der Waals surface area contributed by atoms with Gasteiger partial charge in [-0.25, -0.2) is 0 Å². The minimum atomic E-state index is 0.228.